The van der Waals surface area contributed by atoms with E-state index in [2.05, 4.69) is 67.6 Å². The molecule has 1 unspecified atom stereocenters. The first-order chi connectivity index (χ1) is 18.1. The molecule has 37 heavy (non-hydrogen) atoms. The fraction of sp³-hybridized carbons (Fsp3) is 0.389. The lowest BCUT2D eigenvalue weighted by Gasteiger charge is -2.30. The van der Waals surface area contributed by atoms with Crippen molar-refractivity contribution in [2.75, 3.05) is 0 Å². The topological polar surface area (TPSA) is 0 Å². The number of benzene rings is 3. The second-order valence-corrected chi connectivity index (χ2v) is 11.0. The number of halogens is 1. The van der Waals surface area contributed by atoms with E-state index in [-0.39, 0.29) is 5.82 Å². The Balaban J connectivity index is 1.20. The summed E-state index contributed by atoms with van der Waals surface area (Å²) in [6, 6.07) is 25.4. The van der Waals surface area contributed by atoms with Gasteiger partial charge in [0.1, 0.15) is 5.82 Å². The van der Waals surface area contributed by atoms with Gasteiger partial charge < -0.3 is 0 Å². The highest BCUT2D eigenvalue weighted by atomic mass is 19.1. The first kappa shape index (κ1) is 27.1. The highest BCUT2D eigenvalue weighted by Gasteiger charge is 2.23. The van der Waals surface area contributed by atoms with Crippen LogP contribution in [0.2, 0.25) is 0 Å². The van der Waals surface area contributed by atoms with Gasteiger partial charge >= 0.3 is 0 Å². The number of allylic oxidation sites excluding steroid dienone is 2. The lowest BCUT2D eigenvalue weighted by molar-refractivity contribution is 0.245. The Kier molecular flexibility index (Phi) is 10.4. The molecule has 0 N–H and O–H groups in total. The molecule has 1 aliphatic rings. The summed E-state index contributed by atoms with van der Waals surface area (Å²) in [5.74, 6) is 2.28. The van der Waals surface area contributed by atoms with Crippen molar-refractivity contribution in [3.05, 3.63) is 119 Å². The van der Waals surface area contributed by atoms with Gasteiger partial charge in [-0.3, -0.25) is 0 Å². The van der Waals surface area contributed by atoms with Crippen LogP contribution in [0.15, 0.2) is 84.9 Å². The van der Waals surface area contributed by atoms with Crippen LogP contribution in [0.3, 0.4) is 0 Å². The van der Waals surface area contributed by atoms with Gasteiger partial charge in [0.05, 0.1) is 0 Å². The van der Waals surface area contributed by atoms with Gasteiger partial charge in [0.15, 0.2) is 0 Å². The molecule has 1 aliphatic carbocycles. The SMILES string of the molecule is C/C=C/CCc1ccc(/C=C/c2ccc(CCC3CCC(CC(C)c4ccccc4)CC3)cc2)c(F)c1. The molecule has 0 aromatic heterocycles. The van der Waals surface area contributed by atoms with Gasteiger partial charge in [-0.2, -0.15) is 0 Å². The Labute approximate surface area is 224 Å². The van der Waals surface area contributed by atoms with Crippen molar-refractivity contribution in [2.45, 2.75) is 77.6 Å². The third kappa shape index (κ3) is 8.56. The fourth-order valence-corrected chi connectivity index (χ4v) is 5.80. The van der Waals surface area contributed by atoms with Crippen molar-refractivity contribution in [3.8, 4) is 0 Å². The second kappa shape index (κ2) is 14.1. The van der Waals surface area contributed by atoms with Gasteiger partial charge in [-0.15, -0.1) is 0 Å². The zero-order valence-corrected chi connectivity index (χ0v) is 22.7. The van der Waals surface area contributed by atoms with E-state index in [4.69, 9.17) is 0 Å². The van der Waals surface area contributed by atoms with Crippen LogP contribution in [0.5, 0.6) is 0 Å². The predicted octanol–water partition coefficient (Wildman–Crippen LogP) is 10.4. The first-order valence-corrected chi connectivity index (χ1v) is 14.3. The minimum Gasteiger partial charge on any atom is -0.206 e. The van der Waals surface area contributed by atoms with Crippen LogP contribution < -0.4 is 0 Å². The summed E-state index contributed by atoms with van der Waals surface area (Å²) in [6.07, 6.45) is 19.2. The summed E-state index contributed by atoms with van der Waals surface area (Å²) in [5.41, 5.74) is 5.71. The normalized spacial score (nSPS) is 19.0. The maximum Gasteiger partial charge on any atom is 0.130 e. The number of hydrogen-bond donors (Lipinski definition) is 0. The van der Waals surface area contributed by atoms with E-state index in [1.165, 1.54) is 49.7 Å². The molecule has 4 rings (SSSR count). The summed E-state index contributed by atoms with van der Waals surface area (Å²) < 4.78 is 14.5. The van der Waals surface area contributed by atoms with Crippen molar-refractivity contribution < 1.29 is 4.39 Å². The smallest absolute Gasteiger partial charge is 0.130 e. The van der Waals surface area contributed by atoms with E-state index in [9.17, 15) is 4.39 Å². The molecule has 0 spiro atoms. The molecule has 1 saturated carbocycles. The number of hydrogen-bond acceptors (Lipinski definition) is 0. The Bertz CT molecular complexity index is 1130. The molecule has 3 aromatic carbocycles. The van der Waals surface area contributed by atoms with Crippen molar-refractivity contribution >= 4 is 12.2 Å². The van der Waals surface area contributed by atoms with Crippen LogP contribution in [0.1, 0.15) is 92.5 Å². The molecule has 3 aromatic rings. The maximum absolute atomic E-state index is 14.5. The lowest BCUT2D eigenvalue weighted by atomic mass is 9.76. The van der Waals surface area contributed by atoms with Gasteiger partial charge in [-0.05, 0) is 85.1 Å². The molecule has 1 fully saturated rings. The van der Waals surface area contributed by atoms with Crippen LogP contribution in [-0.4, -0.2) is 0 Å². The highest BCUT2D eigenvalue weighted by Crippen LogP contribution is 2.37. The first-order valence-electron chi connectivity index (χ1n) is 14.3. The Morgan fingerprint density at radius 1 is 0.811 bits per heavy atom. The molecular formula is C36H43F. The van der Waals surface area contributed by atoms with Crippen LogP contribution in [0.25, 0.3) is 12.2 Å². The average Bonchev–Trinajstić information content (AvgIpc) is 2.93. The number of rotatable bonds is 11. The minimum atomic E-state index is -0.143. The van der Waals surface area contributed by atoms with E-state index in [1.54, 1.807) is 6.07 Å². The predicted molar refractivity (Wildman–Crippen MR) is 158 cm³/mol. The standard InChI is InChI=1S/C36H43F/c1-3-4-6-9-32-23-25-35(36(37)27-32)24-22-31-16-14-29(15-17-31)12-13-30-18-20-33(21-19-30)26-28(2)34-10-7-5-8-11-34/h3-5,7-8,10-11,14-17,22-25,27-28,30,33H,6,9,12-13,18-21,26H2,1-2H3/b4-3+,24-22+. The van der Waals surface area contributed by atoms with E-state index >= 15 is 0 Å². The number of aryl methyl sites for hydroxylation is 2. The van der Waals surface area contributed by atoms with Crippen molar-refractivity contribution in [3.63, 3.8) is 0 Å². The minimum absolute atomic E-state index is 0.143. The quantitative estimate of drug-likeness (QED) is 0.184. The van der Waals surface area contributed by atoms with Gasteiger partial charge in [-0.1, -0.05) is 124 Å². The Hall–Kier alpha value is -2.93. The zero-order chi connectivity index (χ0) is 25.9. The molecular weight excluding hydrogens is 451 g/mol. The summed E-state index contributed by atoms with van der Waals surface area (Å²) in [5, 5.41) is 0. The van der Waals surface area contributed by atoms with Crippen LogP contribution in [0.4, 0.5) is 4.39 Å². The molecule has 1 atom stereocenters. The Morgan fingerprint density at radius 2 is 1.51 bits per heavy atom. The van der Waals surface area contributed by atoms with Crippen molar-refractivity contribution in [1.29, 1.82) is 0 Å². The summed E-state index contributed by atoms with van der Waals surface area (Å²) in [6.45, 7) is 4.40. The molecule has 0 heterocycles. The lowest BCUT2D eigenvalue weighted by Crippen LogP contribution is -2.16. The van der Waals surface area contributed by atoms with Gasteiger partial charge in [0, 0.05) is 5.56 Å². The van der Waals surface area contributed by atoms with E-state index in [0.717, 1.165) is 42.2 Å². The van der Waals surface area contributed by atoms with Gasteiger partial charge in [0.25, 0.3) is 0 Å². The fourth-order valence-electron chi connectivity index (χ4n) is 5.80. The molecule has 0 bridgehead atoms. The zero-order valence-electron chi connectivity index (χ0n) is 22.7. The van der Waals surface area contributed by atoms with E-state index in [1.807, 2.05) is 37.3 Å². The summed E-state index contributed by atoms with van der Waals surface area (Å²) >= 11 is 0. The summed E-state index contributed by atoms with van der Waals surface area (Å²) in [4.78, 5) is 0. The van der Waals surface area contributed by atoms with Crippen LogP contribution >= 0.6 is 0 Å². The molecule has 0 nitrogen and oxygen atoms in total. The highest BCUT2D eigenvalue weighted by molar-refractivity contribution is 5.70. The average molecular weight is 495 g/mol. The summed E-state index contributed by atoms with van der Waals surface area (Å²) in [7, 11) is 0. The van der Waals surface area contributed by atoms with E-state index in [0.29, 0.717) is 11.5 Å². The monoisotopic (exact) mass is 494 g/mol. The van der Waals surface area contributed by atoms with Gasteiger partial charge in [0.2, 0.25) is 0 Å². The molecule has 0 radical (unpaired) electrons. The molecule has 194 valence electrons. The molecule has 0 amide bonds. The van der Waals surface area contributed by atoms with Crippen LogP contribution in [0, 0.1) is 17.7 Å². The molecule has 0 saturated heterocycles. The Morgan fingerprint density at radius 3 is 2.22 bits per heavy atom. The third-order valence-corrected chi connectivity index (χ3v) is 8.20. The van der Waals surface area contributed by atoms with Crippen LogP contribution in [-0.2, 0) is 12.8 Å². The third-order valence-electron chi connectivity index (χ3n) is 8.20. The van der Waals surface area contributed by atoms with Crippen molar-refractivity contribution in [1.82, 2.24) is 0 Å². The maximum atomic E-state index is 14.5. The van der Waals surface area contributed by atoms with E-state index < -0.39 is 0 Å². The van der Waals surface area contributed by atoms with Crippen molar-refractivity contribution in [2.24, 2.45) is 11.8 Å². The molecule has 1 heteroatoms. The van der Waals surface area contributed by atoms with Gasteiger partial charge in [-0.25, -0.2) is 4.39 Å². The largest absolute Gasteiger partial charge is 0.206 e. The molecule has 0 aliphatic heterocycles. The second-order valence-electron chi connectivity index (χ2n) is 11.0.